The number of thioether (sulfide) groups is 1. The lowest BCUT2D eigenvalue weighted by Gasteiger charge is -2.10. The van der Waals surface area contributed by atoms with Gasteiger partial charge in [0, 0.05) is 27.0 Å². The molecule has 23 heavy (non-hydrogen) atoms. The van der Waals surface area contributed by atoms with Crippen molar-refractivity contribution in [3.8, 4) is 5.75 Å². The van der Waals surface area contributed by atoms with Crippen LogP contribution in [-0.4, -0.2) is 23.8 Å². The van der Waals surface area contributed by atoms with Gasteiger partial charge >= 0.3 is 0 Å². The molecule has 0 aliphatic heterocycles. The van der Waals surface area contributed by atoms with Gasteiger partial charge in [0.25, 0.3) is 0 Å². The summed E-state index contributed by atoms with van der Waals surface area (Å²) < 4.78 is 5.22. The van der Waals surface area contributed by atoms with Crippen LogP contribution >= 0.6 is 23.4 Å². The maximum absolute atomic E-state index is 12.2. The monoisotopic (exact) mass is 346 g/mol. The predicted octanol–water partition coefficient (Wildman–Crippen LogP) is 4.56. The average Bonchev–Trinajstić information content (AvgIpc) is 2.96. The third-order valence-corrected chi connectivity index (χ3v) is 4.64. The second-order valence-corrected chi connectivity index (χ2v) is 6.33. The zero-order valence-corrected chi connectivity index (χ0v) is 14.0. The van der Waals surface area contributed by atoms with E-state index in [1.807, 2.05) is 30.5 Å². The van der Waals surface area contributed by atoms with Gasteiger partial charge in [-0.2, -0.15) is 0 Å². The molecule has 0 spiro atoms. The Morgan fingerprint density at radius 3 is 2.96 bits per heavy atom. The van der Waals surface area contributed by atoms with Crippen molar-refractivity contribution in [3.05, 3.63) is 53.7 Å². The minimum Gasteiger partial charge on any atom is -0.495 e. The highest BCUT2D eigenvalue weighted by Crippen LogP contribution is 2.30. The van der Waals surface area contributed by atoms with Crippen LogP contribution in [0.5, 0.6) is 5.75 Å². The van der Waals surface area contributed by atoms with Gasteiger partial charge < -0.3 is 15.0 Å². The van der Waals surface area contributed by atoms with Gasteiger partial charge in [0.15, 0.2) is 0 Å². The smallest absolute Gasteiger partial charge is 0.234 e. The minimum absolute atomic E-state index is 0.110. The molecule has 0 radical (unpaired) electrons. The van der Waals surface area contributed by atoms with E-state index in [1.165, 1.54) is 11.8 Å². The topological polar surface area (TPSA) is 54.1 Å². The molecule has 2 aromatic carbocycles. The number of nitrogens with one attached hydrogen (secondary N) is 2. The van der Waals surface area contributed by atoms with Crippen molar-refractivity contribution in [2.45, 2.75) is 4.90 Å². The number of amides is 1. The number of hydrogen-bond acceptors (Lipinski definition) is 3. The molecule has 0 aliphatic rings. The first kappa shape index (κ1) is 15.8. The second kappa shape index (κ2) is 6.98. The molecule has 3 rings (SSSR count). The van der Waals surface area contributed by atoms with Gasteiger partial charge in [-0.1, -0.05) is 29.8 Å². The highest BCUT2D eigenvalue weighted by Gasteiger charge is 2.10. The molecular formula is C17H15ClN2O2S. The van der Waals surface area contributed by atoms with Gasteiger partial charge in [-0.25, -0.2) is 0 Å². The van der Waals surface area contributed by atoms with Crippen molar-refractivity contribution < 1.29 is 9.53 Å². The molecular weight excluding hydrogens is 332 g/mol. The number of aromatic amines is 1. The van der Waals surface area contributed by atoms with E-state index in [0.717, 1.165) is 15.8 Å². The molecule has 4 nitrogen and oxygen atoms in total. The zero-order valence-electron chi connectivity index (χ0n) is 12.4. The van der Waals surface area contributed by atoms with Gasteiger partial charge in [0.1, 0.15) is 5.75 Å². The fourth-order valence-electron chi connectivity index (χ4n) is 2.27. The Morgan fingerprint density at radius 2 is 2.13 bits per heavy atom. The van der Waals surface area contributed by atoms with Gasteiger partial charge in [0.05, 0.1) is 18.6 Å². The van der Waals surface area contributed by atoms with Gasteiger partial charge in [0.2, 0.25) is 5.91 Å². The van der Waals surface area contributed by atoms with Crippen LogP contribution in [0.1, 0.15) is 0 Å². The molecule has 0 saturated carbocycles. The van der Waals surface area contributed by atoms with Crippen molar-refractivity contribution in [1.29, 1.82) is 0 Å². The number of methoxy groups -OCH3 is 1. The molecule has 0 saturated heterocycles. The summed E-state index contributed by atoms with van der Waals surface area (Å²) in [5, 5.41) is 4.50. The fraction of sp³-hybridized carbons (Fsp3) is 0.118. The van der Waals surface area contributed by atoms with E-state index in [4.69, 9.17) is 16.3 Å². The number of carbonyl (C=O) groups is 1. The molecule has 0 atom stereocenters. The van der Waals surface area contributed by atoms with Crippen molar-refractivity contribution in [1.82, 2.24) is 4.98 Å². The summed E-state index contributed by atoms with van der Waals surface area (Å²) in [6.45, 7) is 0. The Labute approximate surface area is 143 Å². The van der Waals surface area contributed by atoms with Crippen molar-refractivity contribution in [2.24, 2.45) is 0 Å². The average molecular weight is 347 g/mol. The van der Waals surface area contributed by atoms with E-state index in [2.05, 4.69) is 10.3 Å². The second-order valence-electron chi connectivity index (χ2n) is 4.88. The Balaban J connectivity index is 1.67. The highest BCUT2D eigenvalue weighted by molar-refractivity contribution is 8.00. The van der Waals surface area contributed by atoms with Crippen LogP contribution in [0.3, 0.4) is 0 Å². The molecule has 2 N–H and O–H groups in total. The summed E-state index contributed by atoms with van der Waals surface area (Å²) in [6, 6.07) is 13.1. The van der Waals surface area contributed by atoms with Crippen LogP contribution < -0.4 is 10.1 Å². The fourth-order valence-corrected chi connectivity index (χ4v) is 3.28. The van der Waals surface area contributed by atoms with Crippen molar-refractivity contribution >= 4 is 45.9 Å². The summed E-state index contributed by atoms with van der Waals surface area (Å²) in [6.07, 6.45) is 1.92. The van der Waals surface area contributed by atoms with Crippen LogP contribution in [0.15, 0.2) is 53.6 Å². The third-order valence-electron chi connectivity index (χ3n) is 3.35. The molecule has 118 valence electrons. The summed E-state index contributed by atoms with van der Waals surface area (Å²) in [4.78, 5) is 16.4. The lowest BCUT2D eigenvalue weighted by molar-refractivity contribution is -0.113. The van der Waals surface area contributed by atoms with Gasteiger partial charge in [-0.05, 0) is 24.3 Å². The van der Waals surface area contributed by atoms with Crippen molar-refractivity contribution in [3.63, 3.8) is 0 Å². The number of para-hydroxylation sites is 1. The van der Waals surface area contributed by atoms with Crippen LogP contribution in [-0.2, 0) is 4.79 Å². The van der Waals surface area contributed by atoms with E-state index in [1.54, 1.807) is 25.3 Å². The predicted molar refractivity (Wildman–Crippen MR) is 95.7 cm³/mol. The third kappa shape index (κ3) is 3.63. The maximum Gasteiger partial charge on any atom is 0.234 e. The van der Waals surface area contributed by atoms with Crippen LogP contribution in [0.2, 0.25) is 5.02 Å². The van der Waals surface area contributed by atoms with E-state index < -0.39 is 0 Å². The molecule has 0 aliphatic carbocycles. The van der Waals surface area contributed by atoms with Gasteiger partial charge in [-0.15, -0.1) is 11.8 Å². The van der Waals surface area contributed by atoms with E-state index in [9.17, 15) is 4.79 Å². The number of aromatic nitrogens is 1. The molecule has 6 heteroatoms. The number of benzene rings is 2. The Hall–Kier alpha value is -2.11. The highest BCUT2D eigenvalue weighted by atomic mass is 35.5. The van der Waals surface area contributed by atoms with Crippen LogP contribution in [0.25, 0.3) is 10.9 Å². The van der Waals surface area contributed by atoms with Crippen LogP contribution in [0, 0.1) is 0 Å². The number of rotatable bonds is 5. The Kier molecular flexibility index (Phi) is 4.79. The summed E-state index contributed by atoms with van der Waals surface area (Å²) in [5.74, 6) is 0.776. The number of ether oxygens (including phenoxy) is 1. The van der Waals surface area contributed by atoms with E-state index >= 15 is 0 Å². The lowest BCUT2D eigenvalue weighted by atomic mass is 10.2. The number of carbonyl (C=O) groups excluding carboxylic acids is 1. The number of halogens is 1. The standard InChI is InChI=1S/C17H15ClN2O2S/c1-22-15-7-6-11(18)8-14(15)20-17(21)10-23-16-9-19-13-5-3-2-4-12(13)16/h2-9,19H,10H2,1H3,(H,20,21). The van der Waals surface area contributed by atoms with Crippen molar-refractivity contribution in [2.75, 3.05) is 18.2 Å². The quantitative estimate of drug-likeness (QED) is 0.666. The minimum atomic E-state index is -0.110. The van der Waals surface area contributed by atoms with Crippen LogP contribution in [0.4, 0.5) is 5.69 Å². The van der Waals surface area contributed by atoms with Gasteiger partial charge in [-0.3, -0.25) is 4.79 Å². The lowest BCUT2D eigenvalue weighted by Crippen LogP contribution is -2.14. The molecule has 1 aromatic heterocycles. The summed E-state index contributed by atoms with van der Waals surface area (Å²) in [5.41, 5.74) is 1.64. The largest absolute Gasteiger partial charge is 0.495 e. The summed E-state index contributed by atoms with van der Waals surface area (Å²) in [7, 11) is 1.56. The summed E-state index contributed by atoms with van der Waals surface area (Å²) >= 11 is 7.45. The molecule has 0 bridgehead atoms. The first-order valence-corrected chi connectivity index (χ1v) is 8.36. The number of hydrogen-bond donors (Lipinski definition) is 2. The molecule has 0 fully saturated rings. The molecule has 1 heterocycles. The number of fused-ring (bicyclic) bond motifs is 1. The SMILES string of the molecule is COc1ccc(Cl)cc1NC(=O)CSc1c[nH]c2ccccc12. The van der Waals surface area contributed by atoms with E-state index in [0.29, 0.717) is 22.2 Å². The first-order chi connectivity index (χ1) is 11.2. The maximum atomic E-state index is 12.2. The number of anilines is 1. The number of H-pyrrole nitrogens is 1. The normalized spacial score (nSPS) is 10.7. The molecule has 0 unspecified atom stereocenters. The Morgan fingerprint density at radius 1 is 1.30 bits per heavy atom. The molecule has 1 amide bonds. The van der Waals surface area contributed by atoms with E-state index in [-0.39, 0.29) is 5.91 Å². The zero-order chi connectivity index (χ0) is 16.2. The first-order valence-electron chi connectivity index (χ1n) is 6.99. The molecule has 3 aromatic rings. The Bertz CT molecular complexity index is 847.